The van der Waals surface area contributed by atoms with Crippen molar-refractivity contribution in [1.82, 2.24) is 14.3 Å². The number of rotatable bonds is 6. The molecule has 2 aromatic heterocycles. The first kappa shape index (κ1) is 21.8. The SMILES string of the molecule is Cc1nsc(N=NC(C(=O)Nc2ccccc2O)c2nc3ccccc3c(=O)[nH]2)c1C(=O)O. The van der Waals surface area contributed by atoms with Crippen molar-refractivity contribution in [2.24, 2.45) is 10.2 Å². The van der Waals surface area contributed by atoms with Crippen molar-refractivity contribution < 1.29 is 19.8 Å². The Labute approximate surface area is 189 Å². The van der Waals surface area contributed by atoms with Gasteiger partial charge in [0.25, 0.3) is 11.5 Å². The number of aromatic nitrogens is 3. The molecular weight excluding hydrogens is 448 g/mol. The summed E-state index contributed by atoms with van der Waals surface area (Å²) in [4.78, 5) is 44.0. The molecule has 1 unspecified atom stereocenters. The lowest BCUT2D eigenvalue weighted by Crippen LogP contribution is -2.24. The van der Waals surface area contributed by atoms with Crippen molar-refractivity contribution >= 4 is 45.0 Å². The zero-order valence-corrected chi connectivity index (χ0v) is 17.8. The van der Waals surface area contributed by atoms with Gasteiger partial charge in [-0.1, -0.05) is 24.3 Å². The van der Waals surface area contributed by atoms with Gasteiger partial charge in [-0.25, -0.2) is 9.78 Å². The molecule has 0 fully saturated rings. The number of phenols is 1. The number of carboxylic acids is 1. The third-order valence-electron chi connectivity index (χ3n) is 4.62. The fourth-order valence-electron chi connectivity index (χ4n) is 3.03. The molecule has 2 heterocycles. The van der Waals surface area contributed by atoms with Crippen molar-refractivity contribution in [3.05, 3.63) is 76.0 Å². The molecule has 0 spiro atoms. The van der Waals surface area contributed by atoms with Gasteiger partial charge < -0.3 is 20.5 Å². The summed E-state index contributed by atoms with van der Waals surface area (Å²) in [5.74, 6) is -2.26. The van der Waals surface area contributed by atoms with Crippen LogP contribution in [0.2, 0.25) is 0 Å². The third-order valence-corrected chi connectivity index (χ3v) is 5.45. The van der Waals surface area contributed by atoms with E-state index in [4.69, 9.17) is 0 Å². The van der Waals surface area contributed by atoms with Gasteiger partial charge in [0.2, 0.25) is 6.04 Å². The number of amides is 1. The number of carbonyl (C=O) groups is 2. The van der Waals surface area contributed by atoms with Gasteiger partial charge in [-0.15, -0.1) is 5.11 Å². The average molecular weight is 464 g/mol. The highest BCUT2D eigenvalue weighted by atomic mass is 32.1. The van der Waals surface area contributed by atoms with Crippen molar-refractivity contribution in [1.29, 1.82) is 0 Å². The minimum atomic E-state index is -1.45. The Morgan fingerprint density at radius 2 is 1.88 bits per heavy atom. The summed E-state index contributed by atoms with van der Waals surface area (Å²) >= 11 is 0.810. The highest BCUT2D eigenvalue weighted by molar-refractivity contribution is 7.10. The van der Waals surface area contributed by atoms with Gasteiger partial charge in [-0.3, -0.25) is 9.59 Å². The average Bonchev–Trinajstić information content (AvgIpc) is 3.16. The first-order chi connectivity index (χ1) is 15.8. The number of hydrogen-bond acceptors (Lipinski definition) is 9. The first-order valence-electron chi connectivity index (χ1n) is 9.53. The maximum absolute atomic E-state index is 13.1. The number of carbonyl (C=O) groups excluding carboxylic acids is 1. The van der Waals surface area contributed by atoms with Gasteiger partial charge in [0.05, 0.1) is 22.3 Å². The maximum Gasteiger partial charge on any atom is 0.340 e. The molecule has 0 saturated carbocycles. The van der Waals surface area contributed by atoms with Crippen LogP contribution in [0.15, 0.2) is 63.6 Å². The predicted octanol–water partition coefficient (Wildman–Crippen LogP) is 3.56. The van der Waals surface area contributed by atoms with Crippen LogP contribution in [0.3, 0.4) is 0 Å². The number of aromatic amines is 1. The smallest absolute Gasteiger partial charge is 0.340 e. The van der Waals surface area contributed by atoms with Gasteiger partial charge in [0, 0.05) is 0 Å². The standard InChI is InChI=1S/C21H16N6O5S/c1-10-15(21(31)32)20(33-27-10)26-25-16(19(30)23-13-8-4-5-9-14(13)28)17-22-12-7-3-2-6-11(12)18(29)24-17/h2-9,16,28H,1H3,(H,23,30)(H,31,32)(H,22,24,29). The van der Waals surface area contributed by atoms with Crippen LogP contribution in [0.25, 0.3) is 10.9 Å². The predicted molar refractivity (Wildman–Crippen MR) is 120 cm³/mol. The molecule has 0 aliphatic carbocycles. The Bertz CT molecular complexity index is 1460. The van der Waals surface area contributed by atoms with Gasteiger partial charge >= 0.3 is 5.97 Å². The Balaban J connectivity index is 1.79. The van der Waals surface area contributed by atoms with E-state index in [2.05, 4.69) is 29.9 Å². The Morgan fingerprint density at radius 1 is 1.15 bits per heavy atom. The van der Waals surface area contributed by atoms with Crippen molar-refractivity contribution in [2.75, 3.05) is 5.32 Å². The fraction of sp³-hybridized carbons (Fsp3) is 0.0952. The van der Waals surface area contributed by atoms with E-state index in [0.717, 1.165) is 11.5 Å². The molecule has 12 heteroatoms. The normalized spacial score (nSPS) is 12.2. The lowest BCUT2D eigenvalue weighted by molar-refractivity contribution is -0.117. The molecule has 2 aromatic carbocycles. The van der Waals surface area contributed by atoms with Gasteiger partial charge in [0.15, 0.2) is 5.00 Å². The van der Waals surface area contributed by atoms with Crippen LogP contribution in [0.5, 0.6) is 5.75 Å². The van der Waals surface area contributed by atoms with E-state index in [0.29, 0.717) is 10.9 Å². The summed E-state index contributed by atoms with van der Waals surface area (Å²) in [6, 6.07) is 11.2. The van der Waals surface area contributed by atoms with E-state index in [9.17, 15) is 24.6 Å². The second-order valence-electron chi connectivity index (χ2n) is 6.85. The second-order valence-corrected chi connectivity index (χ2v) is 7.60. The molecule has 4 rings (SSSR count). The first-order valence-corrected chi connectivity index (χ1v) is 10.3. The zero-order valence-electron chi connectivity index (χ0n) is 17.0. The molecular formula is C21H16N6O5S. The Hall–Kier alpha value is -4.45. The molecule has 33 heavy (non-hydrogen) atoms. The summed E-state index contributed by atoms with van der Waals surface area (Å²) in [5.41, 5.74) is 0.0980. The van der Waals surface area contributed by atoms with Crippen LogP contribution in [0.1, 0.15) is 27.9 Å². The van der Waals surface area contributed by atoms with Crippen LogP contribution >= 0.6 is 11.5 Å². The van der Waals surface area contributed by atoms with Gasteiger partial charge in [-0.05, 0) is 42.7 Å². The lowest BCUT2D eigenvalue weighted by atomic mass is 10.2. The maximum atomic E-state index is 13.1. The number of benzene rings is 2. The largest absolute Gasteiger partial charge is 0.506 e. The van der Waals surface area contributed by atoms with Crippen molar-refractivity contribution in [2.45, 2.75) is 13.0 Å². The molecule has 1 atom stereocenters. The number of nitrogens with one attached hydrogen (secondary N) is 2. The summed E-state index contributed by atoms with van der Waals surface area (Å²) in [6.07, 6.45) is 0. The minimum Gasteiger partial charge on any atom is -0.506 e. The number of hydrogen-bond donors (Lipinski definition) is 4. The quantitative estimate of drug-likeness (QED) is 0.250. The van der Waals surface area contributed by atoms with E-state index in [1.54, 1.807) is 36.4 Å². The van der Waals surface area contributed by atoms with Crippen LogP contribution in [0.4, 0.5) is 10.7 Å². The number of para-hydroxylation sites is 3. The monoisotopic (exact) mass is 464 g/mol. The Morgan fingerprint density at radius 3 is 2.64 bits per heavy atom. The topological polar surface area (TPSA) is 170 Å². The minimum absolute atomic E-state index is 0.0107. The third kappa shape index (κ3) is 4.45. The molecule has 0 saturated heterocycles. The summed E-state index contributed by atoms with van der Waals surface area (Å²) in [6.45, 7) is 1.52. The van der Waals surface area contributed by atoms with E-state index in [1.807, 2.05) is 0 Å². The van der Waals surface area contributed by atoms with E-state index < -0.39 is 23.5 Å². The molecule has 4 aromatic rings. The summed E-state index contributed by atoms with van der Waals surface area (Å²) in [5, 5.41) is 30.2. The summed E-state index contributed by atoms with van der Waals surface area (Å²) < 4.78 is 3.97. The summed E-state index contributed by atoms with van der Waals surface area (Å²) in [7, 11) is 0. The van der Waals surface area contributed by atoms with E-state index >= 15 is 0 Å². The molecule has 1 amide bonds. The molecule has 0 aliphatic heterocycles. The number of phenolic OH excluding ortho intramolecular Hbond substituents is 1. The zero-order chi connectivity index (χ0) is 23.5. The molecule has 11 nitrogen and oxygen atoms in total. The molecule has 0 aliphatic rings. The Kier molecular flexibility index (Phi) is 5.91. The number of anilines is 1. The number of aromatic hydroxyl groups is 1. The van der Waals surface area contributed by atoms with Crippen LogP contribution in [0, 0.1) is 6.92 Å². The number of aromatic carboxylic acids is 1. The fourth-order valence-corrected chi connectivity index (χ4v) is 3.75. The van der Waals surface area contributed by atoms with Crippen LogP contribution < -0.4 is 10.9 Å². The van der Waals surface area contributed by atoms with E-state index in [1.165, 1.54) is 19.1 Å². The number of nitrogens with zero attached hydrogens (tertiary/aromatic N) is 4. The number of aryl methyl sites for hydroxylation is 1. The van der Waals surface area contributed by atoms with Crippen LogP contribution in [-0.2, 0) is 4.79 Å². The van der Waals surface area contributed by atoms with Crippen LogP contribution in [-0.4, -0.2) is 36.4 Å². The van der Waals surface area contributed by atoms with Gasteiger partial charge in [-0.2, -0.15) is 9.49 Å². The number of carboxylic acid groups (broad SMARTS) is 1. The highest BCUT2D eigenvalue weighted by Gasteiger charge is 2.26. The van der Waals surface area contributed by atoms with Crippen molar-refractivity contribution in [3.63, 3.8) is 0 Å². The molecule has 4 N–H and O–H groups in total. The van der Waals surface area contributed by atoms with E-state index in [-0.39, 0.29) is 33.5 Å². The molecule has 0 bridgehead atoms. The highest BCUT2D eigenvalue weighted by Crippen LogP contribution is 2.30. The molecule has 0 radical (unpaired) electrons. The lowest BCUT2D eigenvalue weighted by Gasteiger charge is -2.13. The number of azo groups is 1. The number of H-pyrrole nitrogens is 1. The second kappa shape index (κ2) is 8.96. The molecule has 166 valence electrons. The van der Waals surface area contributed by atoms with Crippen molar-refractivity contribution in [3.8, 4) is 5.75 Å². The number of fused-ring (bicyclic) bond motifs is 1. The van der Waals surface area contributed by atoms with Gasteiger partial charge in [0.1, 0.15) is 17.1 Å².